The van der Waals surface area contributed by atoms with Gasteiger partial charge in [0, 0.05) is 10.7 Å². The maximum absolute atomic E-state index is 11.7. The topological polar surface area (TPSA) is 34.1 Å². The molecule has 1 aliphatic heterocycles. The van der Waals surface area contributed by atoms with Crippen LogP contribution in [0.1, 0.15) is 58.3 Å². The Morgan fingerprint density at radius 2 is 1.65 bits per heavy atom. The highest BCUT2D eigenvalue weighted by molar-refractivity contribution is 9.09. The van der Waals surface area contributed by atoms with E-state index in [9.17, 15) is 8.42 Å². The second-order valence-corrected chi connectivity index (χ2v) is 9.60. The largest absolute Gasteiger partial charge is 0.229 e. The molecule has 0 N–H and O–H groups in total. The number of halogens is 2. The standard InChI is InChI=1S/C15H28Br2O2S/c1-2-3-4-5-6-7-9-15(12-16,13-17)14-8-10-20(18,19)11-14/h14H,2-13H2,1H3. The fraction of sp³-hybridized carbons (Fsp3) is 1.00. The van der Waals surface area contributed by atoms with Gasteiger partial charge in [-0.25, -0.2) is 8.42 Å². The summed E-state index contributed by atoms with van der Waals surface area (Å²) in [6.07, 6.45) is 9.75. The maximum Gasteiger partial charge on any atom is 0.150 e. The van der Waals surface area contributed by atoms with E-state index in [2.05, 4.69) is 38.8 Å². The van der Waals surface area contributed by atoms with Crippen molar-refractivity contribution < 1.29 is 8.42 Å². The molecule has 0 amide bonds. The Morgan fingerprint density at radius 3 is 2.15 bits per heavy atom. The van der Waals surface area contributed by atoms with E-state index in [4.69, 9.17) is 0 Å². The lowest BCUT2D eigenvalue weighted by atomic mass is 9.74. The molecule has 1 unspecified atom stereocenters. The van der Waals surface area contributed by atoms with Crippen molar-refractivity contribution in [2.75, 3.05) is 22.2 Å². The Balaban J connectivity index is 2.46. The van der Waals surface area contributed by atoms with Crippen LogP contribution in [-0.2, 0) is 9.84 Å². The number of alkyl halides is 2. The number of sulfone groups is 1. The van der Waals surface area contributed by atoms with E-state index in [0.29, 0.717) is 17.4 Å². The van der Waals surface area contributed by atoms with Crippen LogP contribution in [0.3, 0.4) is 0 Å². The molecule has 0 spiro atoms. The van der Waals surface area contributed by atoms with Gasteiger partial charge >= 0.3 is 0 Å². The van der Waals surface area contributed by atoms with Crippen LogP contribution in [0.25, 0.3) is 0 Å². The zero-order chi connectivity index (χ0) is 15.1. The molecular formula is C15H28Br2O2S. The molecule has 0 aromatic heterocycles. The summed E-state index contributed by atoms with van der Waals surface area (Å²) >= 11 is 7.30. The summed E-state index contributed by atoms with van der Waals surface area (Å²) in [5.74, 6) is 1.09. The third-order valence-electron chi connectivity index (χ3n) is 4.66. The predicted molar refractivity (Wildman–Crippen MR) is 94.8 cm³/mol. The molecule has 1 fully saturated rings. The van der Waals surface area contributed by atoms with Crippen LogP contribution in [-0.4, -0.2) is 30.6 Å². The lowest BCUT2D eigenvalue weighted by Crippen LogP contribution is -2.35. The van der Waals surface area contributed by atoms with Crippen molar-refractivity contribution in [2.45, 2.75) is 58.3 Å². The summed E-state index contributed by atoms with van der Waals surface area (Å²) in [7, 11) is -2.78. The predicted octanol–water partition coefficient (Wildman–Crippen LogP) is 4.95. The van der Waals surface area contributed by atoms with Crippen LogP contribution in [0, 0.1) is 11.3 Å². The van der Waals surface area contributed by atoms with Gasteiger partial charge in [-0.15, -0.1) is 0 Å². The summed E-state index contributed by atoms with van der Waals surface area (Å²) in [6.45, 7) is 2.24. The van der Waals surface area contributed by atoms with Crippen LogP contribution in [0.5, 0.6) is 0 Å². The third-order valence-corrected chi connectivity index (χ3v) is 8.66. The molecular weight excluding hydrogens is 404 g/mol. The quantitative estimate of drug-likeness (QED) is 0.362. The monoisotopic (exact) mass is 430 g/mol. The van der Waals surface area contributed by atoms with Crippen molar-refractivity contribution in [1.29, 1.82) is 0 Å². The fourth-order valence-electron chi connectivity index (χ4n) is 3.13. The Bertz CT molecular complexity index is 364. The van der Waals surface area contributed by atoms with Crippen LogP contribution in [0.15, 0.2) is 0 Å². The Hall–Kier alpha value is 0.910. The van der Waals surface area contributed by atoms with Crippen molar-refractivity contribution in [3.8, 4) is 0 Å². The van der Waals surface area contributed by atoms with Gasteiger partial charge in [0.15, 0.2) is 9.84 Å². The molecule has 0 aliphatic carbocycles. The minimum absolute atomic E-state index is 0.119. The molecule has 1 saturated heterocycles. The van der Waals surface area contributed by atoms with Gasteiger partial charge in [-0.1, -0.05) is 77.3 Å². The molecule has 20 heavy (non-hydrogen) atoms. The smallest absolute Gasteiger partial charge is 0.150 e. The maximum atomic E-state index is 11.7. The van der Waals surface area contributed by atoms with Crippen molar-refractivity contribution in [1.82, 2.24) is 0 Å². The van der Waals surface area contributed by atoms with Crippen molar-refractivity contribution in [2.24, 2.45) is 11.3 Å². The fourth-order valence-corrected chi connectivity index (χ4v) is 7.48. The first kappa shape index (κ1) is 19.0. The average Bonchev–Trinajstić information content (AvgIpc) is 2.79. The molecule has 0 aromatic carbocycles. The Morgan fingerprint density at radius 1 is 1.05 bits per heavy atom. The molecule has 5 heteroatoms. The first-order valence-corrected chi connectivity index (χ1v) is 11.9. The van der Waals surface area contributed by atoms with Crippen molar-refractivity contribution in [3.05, 3.63) is 0 Å². The third kappa shape index (κ3) is 5.60. The summed E-state index contributed by atoms with van der Waals surface area (Å²) in [6, 6.07) is 0. The van der Waals surface area contributed by atoms with Crippen LogP contribution < -0.4 is 0 Å². The normalized spacial score (nSPS) is 22.2. The van der Waals surface area contributed by atoms with Gasteiger partial charge in [0.05, 0.1) is 11.5 Å². The second kappa shape index (κ2) is 9.14. The minimum atomic E-state index is -2.78. The molecule has 0 radical (unpaired) electrons. The SMILES string of the molecule is CCCCCCCCC(CBr)(CBr)C1CCS(=O)(=O)C1. The molecule has 0 saturated carbocycles. The second-order valence-electron chi connectivity index (χ2n) is 6.25. The molecule has 1 rings (SSSR count). The van der Waals surface area contributed by atoms with Gasteiger partial charge in [-0.2, -0.15) is 0 Å². The van der Waals surface area contributed by atoms with Crippen molar-refractivity contribution >= 4 is 41.7 Å². The Labute approximate surface area is 141 Å². The summed E-state index contributed by atoms with van der Waals surface area (Å²) in [5, 5.41) is 1.81. The Kier molecular flexibility index (Phi) is 8.66. The van der Waals surface area contributed by atoms with Gasteiger partial charge in [-0.3, -0.25) is 0 Å². The van der Waals surface area contributed by atoms with Crippen LogP contribution in [0.4, 0.5) is 0 Å². The summed E-state index contributed by atoms with van der Waals surface area (Å²) in [4.78, 5) is 0. The minimum Gasteiger partial charge on any atom is -0.229 e. The zero-order valence-electron chi connectivity index (χ0n) is 12.5. The van der Waals surface area contributed by atoms with E-state index in [1.807, 2.05) is 0 Å². The van der Waals surface area contributed by atoms with Gasteiger partial charge < -0.3 is 0 Å². The highest BCUT2D eigenvalue weighted by atomic mass is 79.9. The molecule has 0 aromatic rings. The van der Waals surface area contributed by atoms with Gasteiger partial charge in [0.1, 0.15) is 0 Å². The molecule has 0 bridgehead atoms. The average molecular weight is 432 g/mol. The number of unbranched alkanes of at least 4 members (excludes halogenated alkanes) is 5. The van der Waals surface area contributed by atoms with E-state index in [1.165, 1.54) is 38.5 Å². The molecule has 1 aliphatic rings. The lowest BCUT2D eigenvalue weighted by molar-refractivity contribution is 0.226. The number of hydrogen-bond acceptors (Lipinski definition) is 2. The van der Waals surface area contributed by atoms with E-state index in [-0.39, 0.29) is 5.41 Å². The van der Waals surface area contributed by atoms with Crippen molar-refractivity contribution in [3.63, 3.8) is 0 Å². The van der Waals surface area contributed by atoms with Gasteiger partial charge in [0.2, 0.25) is 0 Å². The molecule has 120 valence electrons. The lowest BCUT2D eigenvalue weighted by Gasteiger charge is -2.36. The van der Waals surface area contributed by atoms with E-state index in [1.54, 1.807) is 0 Å². The number of rotatable bonds is 10. The van der Waals surface area contributed by atoms with Gasteiger partial charge in [-0.05, 0) is 24.2 Å². The highest BCUT2D eigenvalue weighted by Gasteiger charge is 2.42. The molecule has 1 heterocycles. The first-order valence-electron chi connectivity index (χ1n) is 7.82. The zero-order valence-corrected chi connectivity index (χ0v) is 16.5. The molecule has 2 nitrogen and oxygen atoms in total. The van der Waals surface area contributed by atoms with Crippen LogP contribution in [0.2, 0.25) is 0 Å². The van der Waals surface area contributed by atoms with E-state index >= 15 is 0 Å². The van der Waals surface area contributed by atoms with E-state index in [0.717, 1.165) is 23.5 Å². The summed E-state index contributed by atoms with van der Waals surface area (Å²) < 4.78 is 23.5. The first-order chi connectivity index (χ1) is 9.49. The summed E-state index contributed by atoms with van der Waals surface area (Å²) in [5.41, 5.74) is 0.119. The van der Waals surface area contributed by atoms with E-state index < -0.39 is 9.84 Å². The molecule has 1 atom stereocenters. The van der Waals surface area contributed by atoms with Crippen LogP contribution >= 0.6 is 31.9 Å². The van der Waals surface area contributed by atoms with Gasteiger partial charge in [0.25, 0.3) is 0 Å². The number of hydrogen-bond donors (Lipinski definition) is 0. The highest BCUT2D eigenvalue weighted by Crippen LogP contribution is 2.43.